The topological polar surface area (TPSA) is 34.2 Å². The predicted octanol–water partition coefficient (Wildman–Crippen LogP) is 4.15. The molecule has 5 heteroatoms. The van der Waals surface area contributed by atoms with Gasteiger partial charge in [0, 0.05) is 16.2 Å². The van der Waals surface area contributed by atoms with Gasteiger partial charge >= 0.3 is 0 Å². The molecule has 18 heavy (non-hydrogen) atoms. The third kappa shape index (κ3) is 2.24. The van der Waals surface area contributed by atoms with Crippen molar-refractivity contribution in [2.75, 3.05) is 11.9 Å². The van der Waals surface area contributed by atoms with Gasteiger partial charge in [-0.2, -0.15) is 0 Å². The van der Waals surface area contributed by atoms with Crippen LogP contribution in [0.15, 0.2) is 45.5 Å². The zero-order valence-corrected chi connectivity index (χ0v) is 12.5. The number of halogens is 2. The number of aromatic nitrogens is 1. The fraction of sp³-hybridized carbons (Fsp3) is 0.154. The first-order valence-corrected chi connectivity index (χ1v) is 7.12. The van der Waals surface area contributed by atoms with Crippen molar-refractivity contribution in [2.45, 2.75) is 6.04 Å². The second kappa shape index (κ2) is 4.90. The molecule has 0 amide bonds. The van der Waals surface area contributed by atoms with E-state index in [-0.39, 0.29) is 6.04 Å². The Hall–Kier alpha value is -1.07. The summed E-state index contributed by atoms with van der Waals surface area (Å²) < 4.78 is 7.51. The van der Waals surface area contributed by atoms with E-state index in [1.54, 1.807) is 6.20 Å². The van der Waals surface area contributed by atoms with Crippen molar-refractivity contribution in [3.63, 3.8) is 0 Å². The van der Waals surface area contributed by atoms with Crippen molar-refractivity contribution in [2.24, 2.45) is 0 Å². The van der Waals surface area contributed by atoms with E-state index in [1.165, 1.54) is 5.56 Å². The standard InChI is InChI=1S/C13H10Br2N2O/c14-8-5-10(15)13(16-6-8)17-11-7-18-12-4-2-1-3-9(11)12/h1-6,11H,7H2,(H,16,17). The van der Waals surface area contributed by atoms with Crippen LogP contribution in [0.2, 0.25) is 0 Å². The molecule has 0 spiro atoms. The summed E-state index contributed by atoms with van der Waals surface area (Å²) in [6.45, 7) is 0.629. The van der Waals surface area contributed by atoms with Gasteiger partial charge in [-0.25, -0.2) is 4.98 Å². The number of rotatable bonds is 2. The quantitative estimate of drug-likeness (QED) is 0.863. The van der Waals surface area contributed by atoms with Crippen LogP contribution < -0.4 is 10.1 Å². The Morgan fingerprint density at radius 3 is 2.94 bits per heavy atom. The largest absolute Gasteiger partial charge is 0.491 e. The molecule has 3 rings (SSSR count). The minimum Gasteiger partial charge on any atom is -0.491 e. The van der Waals surface area contributed by atoms with E-state index in [2.05, 4.69) is 48.2 Å². The molecule has 0 aliphatic carbocycles. The van der Waals surface area contributed by atoms with Gasteiger partial charge in [0.2, 0.25) is 0 Å². The number of ether oxygens (including phenoxy) is 1. The Kier molecular flexibility index (Phi) is 3.26. The van der Waals surface area contributed by atoms with Crippen molar-refractivity contribution < 1.29 is 4.74 Å². The normalized spacial score (nSPS) is 17.1. The molecule has 0 fully saturated rings. The molecule has 1 atom stereocenters. The molecule has 1 unspecified atom stereocenters. The first-order chi connectivity index (χ1) is 8.74. The van der Waals surface area contributed by atoms with Crippen LogP contribution in [0, 0.1) is 0 Å². The molecule has 2 heterocycles. The van der Waals surface area contributed by atoms with E-state index in [4.69, 9.17) is 4.74 Å². The molecule has 92 valence electrons. The molecule has 1 aromatic carbocycles. The second-order valence-electron chi connectivity index (χ2n) is 4.03. The highest BCUT2D eigenvalue weighted by Gasteiger charge is 2.24. The molecular weight excluding hydrogens is 360 g/mol. The van der Waals surface area contributed by atoms with Crippen LogP contribution in [0.5, 0.6) is 5.75 Å². The number of hydrogen-bond acceptors (Lipinski definition) is 3. The number of hydrogen-bond donors (Lipinski definition) is 1. The predicted molar refractivity (Wildman–Crippen MR) is 77.9 cm³/mol. The summed E-state index contributed by atoms with van der Waals surface area (Å²) in [5, 5.41) is 3.39. The van der Waals surface area contributed by atoms with Gasteiger partial charge < -0.3 is 10.1 Å². The van der Waals surface area contributed by atoms with Crippen LogP contribution in [-0.2, 0) is 0 Å². The van der Waals surface area contributed by atoms with Crippen molar-refractivity contribution in [1.82, 2.24) is 4.98 Å². The maximum absolute atomic E-state index is 5.63. The van der Waals surface area contributed by atoms with Crippen LogP contribution in [0.3, 0.4) is 0 Å². The Morgan fingerprint density at radius 1 is 1.28 bits per heavy atom. The van der Waals surface area contributed by atoms with E-state index in [0.29, 0.717) is 6.61 Å². The summed E-state index contributed by atoms with van der Waals surface area (Å²) in [4.78, 5) is 4.35. The number of nitrogens with zero attached hydrogens (tertiary/aromatic N) is 1. The molecule has 0 bridgehead atoms. The van der Waals surface area contributed by atoms with Gasteiger partial charge in [-0.05, 0) is 44.0 Å². The highest BCUT2D eigenvalue weighted by atomic mass is 79.9. The highest BCUT2D eigenvalue weighted by molar-refractivity contribution is 9.11. The molecule has 1 aromatic heterocycles. The van der Waals surface area contributed by atoms with Crippen molar-refractivity contribution >= 4 is 37.7 Å². The van der Waals surface area contributed by atoms with Crippen LogP contribution >= 0.6 is 31.9 Å². The average Bonchev–Trinajstić information content (AvgIpc) is 2.76. The lowest BCUT2D eigenvalue weighted by Gasteiger charge is -2.13. The average molecular weight is 370 g/mol. The number of fused-ring (bicyclic) bond motifs is 1. The third-order valence-electron chi connectivity index (χ3n) is 2.82. The fourth-order valence-electron chi connectivity index (χ4n) is 1.97. The minimum absolute atomic E-state index is 0.145. The maximum Gasteiger partial charge on any atom is 0.140 e. The lowest BCUT2D eigenvalue weighted by molar-refractivity contribution is 0.339. The smallest absolute Gasteiger partial charge is 0.140 e. The lowest BCUT2D eigenvalue weighted by atomic mass is 10.1. The van der Waals surface area contributed by atoms with Crippen molar-refractivity contribution in [3.8, 4) is 5.75 Å². The Bertz CT molecular complexity index is 589. The molecule has 1 N–H and O–H groups in total. The van der Waals surface area contributed by atoms with Crippen LogP contribution in [0.1, 0.15) is 11.6 Å². The molecule has 1 aliphatic heterocycles. The fourth-order valence-corrected chi connectivity index (χ4v) is 3.07. The Labute approximate surface area is 122 Å². The number of nitrogens with one attached hydrogen (secondary N) is 1. The molecule has 1 aliphatic rings. The van der Waals surface area contributed by atoms with E-state index >= 15 is 0 Å². The van der Waals surface area contributed by atoms with Crippen LogP contribution in [0.4, 0.5) is 5.82 Å². The van der Waals surface area contributed by atoms with Crippen molar-refractivity contribution in [3.05, 3.63) is 51.0 Å². The van der Waals surface area contributed by atoms with Gasteiger partial charge in [0.1, 0.15) is 18.2 Å². The number of pyridine rings is 1. The zero-order valence-electron chi connectivity index (χ0n) is 9.36. The summed E-state index contributed by atoms with van der Waals surface area (Å²) in [6.07, 6.45) is 1.77. The van der Waals surface area contributed by atoms with E-state index < -0.39 is 0 Å². The van der Waals surface area contributed by atoms with Gasteiger partial charge in [-0.3, -0.25) is 0 Å². The highest BCUT2D eigenvalue weighted by Crippen LogP contribution is 2.35. The lowest BCUT2D eigenvalue weighted by Crippen LogP contribution is -2.13. The SMILES string of the molecule is Brc1cnc(NC2COc3ccccc32)c(Br)c1. The second-order valence-corrected chi connectivity index (χ2v) is 5.80. The zero-order chi connectivity index (χ0) is 12.5. The third-order valence-corrected chi connectivity index (χ3v) is 3.86. The van der Waals surface area contributed by atoms with Crippen molar-refractivity contribution in [1.29, 1.82) is 0 Å². The van der Waals surface area contributed by atoms with Gasteiger partial charge in [-0.1, -0.05) is 18.2 Å². The Morgan fingerprint density at radius 2 is 2.11 bits per heavy atom. The molecule has 0 saturated carbocycles. The van der Waals surface area contributed by atoms with Gasteiger partial charge in [0.05, 0.1) is 10.5 Å². The van der Waals surface area contributed by atoms with Crippen LogP contribution in [-0.4, -0.2) is 11.6 Å². The first-order valence-electron chi connectivity index (χ1n) is 5.53. The summed E-state index contributed by atoms with van der Waals surface area (Å²) in [7, 11) is 0. The molecular formula is C13H10Br2N2O. The number of benzene rings is 1. The molecule has 0 saturated heterocycles. The summed E-state index contributed by atoms with van der Waals surface area (Å²) in [5.74, 6) is 1.77. The van der Waals surface area contributed by atoms with E-state index in [9.17, 15) is 0 Å². The summed E-state index contributed by atoms with van der Waals surface area (Å²) >= 11 is 6.89. The van der Waals surface area contributed by atoms with Gasteiger partial charge in [0.25, 0.3) is 0 Å². The summed E-state index contributed by atoms with van der Waals surface area (Å²) in [5.41, 5.74) is 1.18. The minimum atomic E-state index is 0.145. The number of anilines is 1. The molecule has 0 radical (unpaired) electrons. The van der Waals surface area contributed by atoms with E-state index in [0.717, 1.165) is 20.5 Å². The van der Waals surface area contributed by atoms with E-state index in [1.807, 2.05) is 24.3 Å². The monoisotopic (exact) mass is 368 g/mol. The number of para-hydroxylation sites is 1. The first kappa shape index (κ1) is 12.0. The van der Waals surface area contributed by atoms with Crippen LogP contribution in [0.25, 0.3) is 0 Å². The Balaban J connectivity index is 1.86. The van der Waals surface area contributed by atoms with Gasteiger partial charge in [-0.15, -0.1) is 0 Å². The molecule has 2 aromatic rings. The molecule has 3 nitrogen and oxygen atoms in total. The summed E-state index contributed by atoms with van der Waals surface area (Å²) in [6, 6.07) is 10.2. The maximum atomic E-state index is 5.63. The van der Waals surface area contributed by atoms with Gasteiger partial charge in [0.15, 0.2) is 0 Å².